The number of fused-ring (bicyclic) bond motifs is 1. The molecule has 39 heavy (non-hydrogen) atoms. The molecule has 4 rings (SSSR count). The summed E-state index contributed by atoms with van der Waals surface area (Å²) in [4.78, 5) is 22.2. The maximum Gasteiger partial charge on any atom is 0.260 e. The first-order valence-corrected chi connectivity index (χ1v) is 15.3. The standard InChI is InChI=1S/C29H33FN4O3S2/c1-4-32(5-2)18-19-34(29-31-26-17-14-24(30)20-27(26)38-29)28(35)23-12-15-25(16-13-23)39(36,37)33(6-3)21-22-10-8-7-9-11-22/h7-17,20H,4-6,18-19,21H2,1-3H3. The van der Waals surface area contributed by atoms with Gasteiger partial charge in [0.05, 0.1) is 15.1 Å². The van der Waals surface area contributed by atoms with Crippen molar-refractivity contribution in [2.75, 3.05) is 37.6 Å². The zero-order valence-electron chi connectivity index (χ0n) is 22.4. The molecule has 0 radical (unpaired) electrons. The van der Waals surface area contributed by atoms with E-state index in [2.05, 4.69) is 23.7 Å². The van der Waals surface area contributed by atoms with Crippen LogP contribution in [0, 0.1) is 5.82 Å². The van der Waals surface area contributed by atoms with Crippen LogP contribution in [0.3, 0.4) is 0 Å². The average molecular weight is 569 g/mol. The molecule has 0 spiro atoms. The number of anilines is 1. The van der Waals surface area contributed by atoms with Gasteiger partial charge in [-0.1, -0.05) is 62.4 Å². The normalized spacial score (nSPS) is 11.9. The van der Waals surface area contributed by atoms with Crippen LogP contribution in [-0.2, 0) is 16.6 Å². The number of hydrogen-bond acceptors (Lipinski definition) is 6. The maximum atomic E-state index is 13.8. The van der Waals surface area contributed by atoms with Crippen LogP contribution in [0.4, 0.5) is 9.52 Å². The second kappa shape index (κ2) is 12.8. The third-order valence-corrected chi connectivity index (χ3v) is 9.62. The van der Waals surface area contributed by atoms with Gasteiger partial charge in [0.1, 0.15) is 5.82 Å². The first-order valence-electron chi connectivity index (χ1n) is 13.0. The van der Waals surface area contributed by atoms with Crippen LogP contribution in [0.25, 0.3) is 10.2 Å². The zero-order chi connectivity index (χ0) is 28.0. The van der Waals surface area contributed by atoms with Gasteiger partial charge in [-0.15, -0.1) is 0 Å². The monoisotopic (exact) mass is 568 g/mol. The summed E-state index contributed by atoms with van der Waals surface area (Å²) in [6.45, 7) is 9.21. The molecule has 0 N–H and O–H groups in total. The summed E-state index contributed by atoms with van der Waals surface area (Å²) >= 11 is 1.26. The third-order valence-electron chi connectivity index (χ3n) is 6.64. The number of nitrogens with zero attached hydrogens (tertiary/aromatic N) is 4. The van der Waals surface area contributed by atoms with Crippen molar-refractivity contribution >= 4 is 42.6 Å². The predicted molar refractivity (Wildman–Crippen MR) is 155 cm³/mol. The lowest BCUT2D eigenvalue weighted by Crippen LogP contribution is -2.39. The predicted octanol–water partition coefficient (Wildman–Crippen LogP) is 5.63. The number of carbonyl (C=O) groups is 1. The number of carbonyl (C=O) groups excluding carboxylic acids is 1. The van der Waals surface area contributed by atoms with Crippen LogP contribution in [0.1, 0.15) is 36.7 Å². The summed E-state index contributed by atoms with van der Waals surface area (Å²) in [6, 6.07) is 19.8. The molecule has 10 heteroatoms. The van der Waals surface area contributed by atoms with Crippen LogP contribution in [-0.4, -0.2) is 61.2 Å². The van der Waals surface area contributed by atoms with Gasteiger partial charge in [-0.2, -0.15) is 4.31 Å². The molecule has 0 bridgehead atoms. The SMILES string of the molecule is CCN(CC)CCN(C(=O)c1ccc(S(=O)(=O)N(CC)Cc2ccccc2)cc1)c1nc2ccc(F)cc2s1. The highest BCUT2D eigenvalue weighted by atomic mass is 32.2. The Balaban J connectivity index is 1.60. The van der Waals surface area contributed by atoms with Gasteiger partial charge in [-0.3, -0.25) is 9.69 Å². The highest BCUT2D eigenvalue weighted by Gasteiger charge is 2.26. The molecular formula is C29H33FN4O3S2. The van der Waals surface area contributed by atoms with Gasteiger partial charge in [-0.05, 0) is 61.1 Å². The van der Waals surface area contributed by atoms with Gasteiger partial charge < -0.3 is 4.90 Å². The lowest BCUT2D eigenvalue weighted by atomic mass is 10.2. The fraction of sp³-hybridized carbons (Fsp3) is 0.310. The second-order valence-corrected chi connectivity index (χ2v) is 12.0. The van der Waals surface area contributed by atoms with E-state index < -0.39 is 10.0 Å². The molecule has 0 unspecified atom stereocenters. The molecule has 1 heterocycles. The molecule has 1 aromatic heterocycles. The van der Waals surface area contributed by atoms with E-state index in [1.54, 1.807) is 30.0 Å². The van der Waals surface area contributed by atoms with Crippen LogP contribution in [0.15, 0.2) is 77.7 Å². The molecule has 7 nitrogen and oxygen atoms in total. The van der Waals surface area contributed by atoms with Gasteiger partial charge >= 0.3 is 0 Å². The van der Waals surface area contributed by atoms with Gasteiger partial charge in [0, 0.05) is 31.7 Å². The Kier molecular flexibility index (Phi) is 9.45. The van der Waals surface area contributed by atoms with E-state index in [-0.39, 0.29) is 23.2 Å². The van der Waals surface area contributed by atoms with E-state index in [4.69, 9.17) is 0 Å². The van der Waals surface area contributed by atoms with Gasteiger partial charge in [-0.25, -0.2) is 17.8 Å². The van der Waals surface area contributed by atoms with Crippen molar-refractivity contribution in [1.82, 2.24) is 14.2 Å². The van der Waals surface area contributed by atoms with Gasteiger partial charge in [0.2, 0.25) is 10.0 Å². The summed E-state index contributed by atoms with van der Waals surface area (Å²) in [7, 11) is -3.76. The minimum absolute atomic E-state index is 0.127. The smallest absolute Gasteiger partial charge is 0.260 e. The zero-order valence-corrected chi connectivity index (χ0v) is 24.0. The van der Waals surface area contributed by atoms with Crippen molar-refractivity contribution in [2.45, 2.75) is 32.2 Å². The van der Waals surface area contributed by atoms with Crippen LogP contribution >= 0.6 is 11.3 Å². The van der Waals surface area contributed by atoms with Crippen molar-refractivity contribution in [3.05, 3.63) is 89.7 Å². The largest absolute Gasteiger partial charge is 0.302 e. The van der Waals surface area contributed by atoms with E-state index in [1.807, 2.05) is 30.3 Å². The summed E-state index contributed by atoms with van der Waals surface area (Å²) in [6.07, 6.45) is 0. The Morgan fingerprint density at radius 2 is 1.59 bits per heavy atom. The Morgan fingerprint density at radius 1 is 0.897 bits per heavy atom. The van der Waals surface area contributed by atoms with Crippen molar-refractivity contribution < 1.29 is 17.6 Å². The van der Waals surface area contributed by atoms with Crippen LogP contribution < -0.4 is 4.90 Å². The molecule has 3 aromatic carbocycles. The van der Waals surface area contributed by atoms with E-state index in [1.165, 1.54) is 39.9 Å². The van der Waals surface area contributed by atoms with Crippen molar-refractivity contribution in [1.29, 1.82) is 0 Å². The first kappa shape index (κ1) is 28.8. The van der Waals surface area contributed by atoms with E-state index in [9.17, 15) is 17.6 Å². The highest BCUT2D eigenvalue weighted by Crippen LogP contribution is 2.30. The van der Waals surface area contributed by atoms with Gasteiger partial charge in [0.15, 0.2) is 5.13 Å². The number of sulfonamides is 1. The second-order valence-electron chi connectivity index (χ2n) is 9.03. The Bertz CT molecular complexity index is 1500. The number of likely N-dealkylation sites (N-methyl/N-ethyl adjacent to an activating group) is 1. The van der Waals surface area contributed by atoms with Crippen molar-refractivity contribution in [2.24, 2.45) is 0 Å². The number of thiazole rings is 1. The molecule has 206 valence electrons. The number of benzene rings is 3. The number of aromatic nitrogens is 1. The number of halogens is 1. The minimum atomic E-state index is -3.76. The van der Waals surface area contributed by atoms with E-state index in [0.717, 1.165) is 18.7 Å². The first-order chi connectivity index (χ1) is 18.8. The quantitative estimate of drug-likeness (QED) is 0.221. The topological polar surface area (TPSA) is 73.8 Å². The lowest BCUT2D eigenvalue weighted by molar-refractivity contribution is 0.0983. The van der Waals surface area contributed by atoms with E-state index >= 15 is 0 Å². The van der Waals surface area contributed by atoms with Crippen molar-refractivity contribution in [3.63, 3.8) is 0 Å². The molecule has 0 saturated heterocycles. The summed E-state index contributed by atoms with van der Waals surface area (Å²) in [5.41, 5.74) is 1.87. The lowest BCUT2D eigenvalue weighted by Gasteiger charge is -2.25. The van der Waals surface area contributed by atoms with Crippen LogP contribution in [0.2, 0.25) is 0 Å². The molecule has 4 aromatic rings. The average Bonchev–Trinajstić information content (AvgIpc) is 3.37. The highest BCUT2D eigenvalue weighted by molar-refractivity contribution is 7.89. The molecule has 0 fully saturated rings. The maximum absolute atomic E-state index is 13.8. The number of amides is 1. The van der Waals surface area contributed by atoms with Crippen LogP contribution in [0.5, 0.6) is 0 Å². The molecular weight excluding hydrogens is 535 g/mol. The number of rotatable bonds is 12. The molecule has 0 saturated carbocycles. The van der Waals surface area contributed by atoms with Crippen molar-refractivity contribution in [3.8, 4) is 0 Å². The van der Waals surface area contributed by atoms with E-state index in [0.29, 0.717) is 40.5 Å². The summed E-state index contributed by atoms with van der Waals surface area (Å²) < 4.78 is 42.6. The summed E-state index contributed by atoms with van der Waals surface area (Å²) in [5, 5.41) is 0.476. The molecule has 0 aliphatic carbocycles. The van der Waals surface area contributed by atoms with Gasteiger partial charge in [0.25, 0.3) is 5.91 Å². The summed E-state index contributed by atoms with van der Waals surface area (Å²) in [5.74, 6) is -0.647. The fourth-order valence-electron chi connectivity index (χ4n) is 4.30. The Hall–Kier alpha value is -3.18. The number of hydrogen-bond donors (Lipinski definition) is 0. The molecule has 1 amide bonds. The Morgan fingerprint density at radius 3 is 2.23 bits per heavy atom. The molecule has 0 aliphatic rings. The third kappa shape index (κ3) is 6.70. The molecule has 0 atom stereocenters. The fourth-order valence-corrected chi connectivity index (χ4v) is 6.75. The Labute approximate surface area is 233 Å². The minimum Gasteiger partial charge on any atom is -0.302 e. The molecule has 0 aliphatic heterocycles.